The highest BCUT2D eigenvalue weighted by Gasteiger charge is 2.40. The van der Waals surface area contributed by atoms with E-state index in [9.17, 15) is 9.18 Å². The third-order valence-corrected chi connectivity index (χ3v) is 7.14. The van der Waals surface area contributed by atoms with Crippen molar-refractivity contribution in [3.8, 4) is 34.6 Å². The molecule has 1 heterocycles. The second-order valence-corrected chi connectivity index (χ2v) is 8.89. The number of halogens is 1. The first kappa shape index (κ1) is 20.4. The van der Waals surface area contributed by atoms with Gasteiger partial charge < -0.3 is 0 Å². The number of hydrogen-bond acceptors (Lipinski definition) is 2. The average molecular weight is 422 g/mol. The van der Waals surface area contributed by atoms with E-state index in [2.05, 4.69) is 30.0 Å². The molecule has 2 nitrogen and oxygen atoms in total. The highest BCUT2D eigenvalue weighted by atomic mass is 19.1. The Bertz CT molecular complexity index is 1300. The number of fused-ring (bicyclic) bond motifs is 3. The number of hydrogen-bond donors (Lipinski definition) is 0. The minimum Gasteiger partial charge on any atom is -0.293 e. The van der Waals surface area contributed by atoms with Crippen molar-refractivity contribution in [3.05, 3.63) is 89.0 Å². The number of nitrogens with zero attached hydrogens (tertiary/aromatic N) is 1. The summed E-state index contributed by atoms with van der Waals surface area (Å²) in [4.78, 5) is 17.0. The van der Waals surface area contributed by atoms with E-state index in [1.807, 2.05) is 37.4 Å². The van der Waals surface area contributed by atoms with Crippen LogP contribution in [0.15, 0.2) is 66.5 Å². The van der Waals surface area contributed by atoms with Crippen molar-refractivity contribution in [2.24, 2.45) is 11.8 Å². The summed E-state index contributed by atoms with van der Waals surface area (Å²) in [6, 6.07) is 13.2. The summed E-state index contributed by atoms with van der Waals surface area (Å²) in [6.07, 6.45) is 13.2. The Labute approximate surface area is 188 Å². The fourth-order valence-electron chi connectivity index (χ4n) is 5.43. The maximum Gasteiger partial charge on any atom is 0.174 e. The van der Waals surface area contributed by atoms with Crippen LogP contribution < -0.4 is 0 Å². The largest absolute Gasteiger partial charge is 0.293 e. The Hall–Kier alpha value is -3.51. The molecule has 5 rings (SSSR count). The molecule has 3 aromatic rings. The van der Waals surface area contributed by atoms with Crippen LogP contribution in [-0.4, -0.2) is 10.8 Å². The smallest absolute Gasteiger partial charge is 0.174 e. The van der Waals surface area contributed by atoms with Crippen LogP contribution >= 0.6 is 0 Å². The molecule has 3 unspecified atom stereocenters. The van der Waals surface area contributed by atoms with Crippen LogP contribution in [0.2, 0.25) is 0 Å². The Balaban J connectivity index is 1.77. The number of rotatable bonds is 2. The monoisotopic (exact) mass is 421 g/mol. The molecule has 3 atom stereocenters. The van der Waals surface area contributed by atoms with E-state index in [1.54, 1.807) is 6.20 Å². The van der Waals surface area contributed by atoms with Crippen molar-refractivity contribution in [2.75, 3.05) is 0 Å². The lowest BCUT2D eigenvalue weighted by Gasteiger charge is -2.39. The zero-order valence-electron chi connectivity index (χ0n) is 18.2. The van der Waals surface area contributed by atoms with Gasteiger partial charge in [-0.3, -0.25) is 9.78 Å². The first-order chi connectivity index (χ1) is 15.5. The minimum absolute atomic E-state index is 0.0806. The van der Waals surface area contributed by atoms with Gasteiger partial charge in [-0.05, 0) is 88.9 Å². The van der Waals surface area contributed by atoms with Crippen LogP contribution in [0.3, 0.4) is 0 Å². The number of Topliss-reactive ketones (excluding diaryl/α,β-unsaturated/α-hetero) is 1. The third-order valence-electron chi connectivity index (χ3n) is 7.14. The van der Waals surface area contributed by atoms with Crippen molar-refractivity contribution in [2.45, 2.75) is 32.6 Å². The van der Waals surface area contributed by atoms with Gasteiger partial charge in [0.15, 0.2) is 5.78 Å². The summed E-state index contributed by atoms with van der Waals surface area (Å²) >= 11 is 0. The highest BCUT2D eigenvalue weighted by molar-refractivity contribution is 6.02. The minimum atomic E-state index is -0.245. The van der Waals surface area contributed by atoms with Gasteiger partial charge in [-0.2, -0.15) is 0 Å². The first-order valence-electron chi connectivity index (χ1n) is 11.0. The Morgan fingerprint density at radius 1 is 1.09 bits per heavy atom. The van der Waals surface area contributed by atoms with Gasteiger partial charge in [-0.25, -0.2) is 4.39 Å². The van der Waals surface area contributed by atoms with E-state index in [-0.39, 0.29) is 29.4 Å². The van der Waals surface area contributed by atoms with Crippen LogP contribution in [0.25, 0.3) is 22.3 Å². The van der Waals surface area contributed by atoms with E-state index in [4.69, 9.17) is 6.42 Å². The van der Waals surface area contributed by atoms with Crippen molar-refractivity contribution in [1.82, 2.24) is 4.98 Å². The van der Waals surface area contributed by atoms with E-state index in [0.29, 0.717) is 5.57 Å². The zero-order chi connectivity index (χ0) is 22.4. The number of carbonyl (C=O) groups excluding carboxylic acids is 1. The number of allylic oxidation sites excluding steroid dienone is 2. The molecule has 0 fully saturated rings. The number of aryl methyl sites for hydroxylation is 1. The van der Waals surface area contributed by atoms with Crippen molar-refractivity contribution in [3.63, 3.8) is 0 Å². The highest BCUT2D eigenvalue weighted by Crippen LogP contribution is 2.49. The maximum absolute atomic E-state index is 13.7. The van der Waals surface area contributed by atoms with Crippen molar-refractivity contribution >= 4 is 5.78 Å². The number of aromatic nitrogens is 1. The Kier molecular flexibility index (Phi) is 5.02. The van der Waals surface area contributed by atoms with E-state index >= 15 is 0 Å². The number of pyridine rings is 1. The molecule has 158 valence electrons. The zero-order valence-corrected chi connectivity index (χ0v) is 18.2. The predicted octanol–water partition coefficient (Wildman–Crippen LogP) is 6.29. The van der Waals surface area contributed by atoms with Gasteiger partial charge in [0.2, 0.25) is 0 Å². The second kappa shape index (κ2) is 7.88. The second-order valence-electron chi connectivity index (χ2n) is 8.89. The van der Waals surface area contributed by atoms with Crippen LogP contribution in [0.4, 0.5) is 4.39 Å². The lowest BCUT2D eigenvalue weighted by molar-refractivity contribution is -0.120. The summed E-state index contributed by atoms with van der Waals surface area (Å²) in [7, 11) is 0. The molecule has 0 saturated heterocycles. The molecule has 2 aromatic carbocycles. The molecule has 2 aliphatic rings. The van der Waals surface area contributed by atoms with Gasteiger partial charge >= 0.3 is 0 Å². The maximum atomic E-state index is 13.7. The molecule has 0 saturated carbocycles. The molecule has 0 spiro atoms. The molecular formula is C29H24FNO. The van der Waals surface area contributed by atoms with Crippen LogP contribution in [-0.2, 0) is 11.2 Å². The van der Waals surface area contributed by atoms with E-state index < -0.39 is 0 Å². The molecule has 0 N–H and O–H groups in total. The molecular weight excluding hydrogens is 397 g/mol. The molecule has 0 amide bonds. The van der Waals surface area contributed by atoms with Gasteiger partial charge in [-0.1, -0.05) is 37.1 Å². The molecule has 1 aromatic heterocycles. The number of carbonyl (C=O) groups is 1. The first-order valence-corrected chi connectivity index (χ1v) is 11.0. The third kappa shape index (κ3) is 3.28. The number of ketones is 1. The van der Waals surface area contributed by atoms with Gasteiger partial charge in [0, 0.05) is 24.2 Å². The van der Waals surface area contributed by atoms with Crippen LogP contribution in [0, 0.1) is 36.9 Å². The molecule has 0 bridgehead atoms. The lowest BCUT2D eigenvalue weighted by Crippen LogP contribution is -2.34. The van der Waals surface area contributed by atoms with Crippen LogP contribution in [0.1, 0.15) is 36.0 Å². The number of terminal acetylenes is 1. The van der Waals surface area contributed by atoms with Gasteiger partial charge in [0.05, 0.1) is 5.57 Å². The Morgan fingerprint density at radius 3 is 2.59 bits per heavy atom. The SMILES string of the molecule is C#CC1=CC2c3cc(-c4ccncc4C)cc(-c4ccc(F)cc4)c3CCC2C(C)C1=O. The molecule has 3 heteroatoms. The van der Waals surface area contributed by atoms with Gasteiger partial charge in [-0.15, -0.1) is 6.42 Å². The van der Waals surface area contributed by atoms with Gasteiger partial charge in [0.1, 0.15) is 5.82 Å². The standard InChI is InChI=1S/C29H24FNO/c1-4-19-13-27-24(18(3)29(19)32)9-10-25-26(20-5-7-22(30)8-6-20)14-21(15-28(25)27)23-11-12-31-16-17(23)2/h1,5-8,11-16,18,24,27H,9-10H2,2-3H3. The molecule has 32 heavy (non-hydrogen) atoms. The summed E-state index contributed by atoms with van der Waals surface area (Å²) in [5, 5.41) is 0. The summed E-state index contributed by atoms with van der Waals surface area (Å²) in [6.45, 7) is 4.06. The summed E-state index contributed by atoms with van der Waals surface area (Å²) in [5.41, 5.74) is 8.41. The quantitative estimate of drug-likeness (QED) is 0.455. The average Bonchev–Trinajstić information content (AvgIpc) is 2.81. The fraction of sp³-hybridized carbons (Fsp3) is 0.241. The number of benzene rings is 2. The fourth-order valence-corrected chi connectivity index (χ4v) is 5.43. The van der Waals surface area contributed by atoms with E-state index in [0.717, 1.165) is 40.7 Å². The van der Waals surface area contributed by atoms with Crippen LogP contribution in [0.5, 0.6) is 0 Å². The lowest BCUT2D eigenvalue weighted by atomic mass is 9.63. The van der Waals surface area contributed by atoms with E-state index in [1.165, 1.54) is 23.3 Å². The molecule has 0 aliphatic heterocycles. The van der Waals surface area contributed by atoms with Crippen molar-refractivity contribution in [1.29, 1.82) is 0 Å². The Morgan fingerprint density at radius 2 is 1.88 bits per heavy atom. The normalized spacial score (nSPS) is 21.9. The van der Waals surface area contributed by atoms with Crippen molar-refractivity contribution < 1.29 is 9.18 Å². The molecule has 0 radical (unpaired) electrons. The summed E-state index contributed by atoms with van der Waals surface area (Å²) < 4.78 is 13.7. The topological polar surface area (TPSA) is 30.0 Å². The van der Waals surface area contributed by atoms with Gasteiger partial charge in [0.25, 0.3) is 0 Å². The predicted molar refractivity (Wildman–Crippen MR) is 125 cm³/mol. The molecule has 2 aliphatic carbocycles. The summed E-state index contributed by atoms with van der Waals surface area (Å²) in [5.74, 6) is 2.69.